The normalized spacial score (nSPS) is 15.7. The molecule has 6 aromatic carbocycles. The Balaban J connectivity index is 1.58. The van der Waals surface area contributed by atoms with Crippen LogP contribution in [-0.4, -0.2) is 9.13 Å². The number of aromatic nitrogens is 2. The van der Waals surface area contributed by atoms with Crippen LogP contribution < -0.4 is 0 Å². The van der Waals surface area contributed by atoms with E-state index in [0.29, 0.717) is 28.0 Å². The Bertz CT molecular complexity index is 2640. The van der Waals surface area contributed by atoms with Crippen molar-refractivity contribution in [1.82, 2.24) is 9.13 Å². The molecule has 2 heteroatoms. The summed E-state index contributed by atoms with van der Waals surface area (Å²) in [7, 11) is 0. The Hall–Kier alpha value is -5.08. The highest BCUT2D eigenvalue weighted by Crippen LogP contribution is 2.39. The van der Waals surface area contributed by atoms with Gasteiger partial charge >= 0.3 is 0 Å². The molecule has 0 radical (unpaired) electrons. The van der Waals surface area contributed by atoms with Crippen molar-refractivity contribution < 1.29 is 15.1 Å². The van der Waals surface area contributed by atoms with Crippen molar-refractivity contribution in [1.29, 1.82) is 0 Å². The Morgan fingerprint density at radius 1 is 0.447 bits per heavy atom. The summed E-state index contributed by atoms with van der Waals surface area (Å²) in [6, 6.07) is 19.9. The van der Waals surface area contributed by atoms with Crippen LogP contribution in [0.5, 0.6) is 0 Å². The number of nitrogens with zero attached hydrogens (tertiary/aromatic N) is 2. The minimum absolute atomic E-state index is 0.00143. The molecule has 2 aromatic heterocycles. The van der Waals surface area contributed by atoms with Crippen molar-refractivity contribution in [2.45, 2.75) is 0 Å². The Kier molecular flexibility index (Phi) is 2.80. The van der Waals surface area contributed by atoms with Crippen LogP contribution in [0.2, 0.25) is 0 Å². The summed E-state index contributed by atoms with van der Waals surface area (Å²) >= 11 is 0. The first-order valence-electron chi connectivity index (χ1n) is 17.6. The summed E-state index contributed by atoms with van der Waals surface area (Å²) in [4.78, 5) is 0. The standard InChI is InChI=1S/C36H24N2/c1-2-12-25(13-3-1)26-14-10-15-27(24-26)37-32-20-7-6-18-30(32)31-19-11-23-35(36(31)37)38-33-21-8-4-16-28(33)29-17-5-9-22-34(29)38/h1-24H/i1D,4D,5D,8D,9D,12D,13D,16D,17D,21D,22D. The van der Waals surface area contributed by atoms with Gasteiger partial charge in [-0.2, -0.15) is 0 Å². The molecule has 2 nitrogen and oxygen atoms in total. The van der Waals surface area contributed by atoms with Crippen molar-refractivity contribution in [2.75, 3.05) is 0 Å². The number of hydrogen-bond donors (Lipinski definition) is 0. The van der Waals surface area contributed by atoms with Gasteiger partial charge in [-0.25, -0.2) is 0 Å². The number of hydrogen-bond acceptors (Lipinski definition) is 0. The van der Waals surface area contributed by atoms with E-state index in [0.717, 1.165) is 16.3 Å². The van der Waals surface area contributed by atoms with Crippen molar-refractivity contribution in [3.8, 4) is 22.5 Å². The van der Waals surface area contributed by atoms with Crippen LogP contribution in [0, 0.1) is 0 Å². The lowest BCUT2D eigenvalue weighted by molar-refractivity contribution is 1.13. The molecule has 0 spiro atoms. The predicted octanol–water partition coefficient (Wildman–Crippen LogP) is 9.55. The third kappa shape index (κ3) is 3.01. The fourth-order valence-electron chi connectivity index (χ4n) is 5.39. The van der Waals surface area contributed by atoms with E-state index in [1.165, 1.54) is 16.7 Å². The number of benzene rings is 6. The molecule has 0 aliphatic rings. The minimum Gasteiger partial charge on any atom is -0.307 e. The van der Waals surface area contributed by atoms with Crippen LogP contribution in [0.1, 0.15) is 15.1 Å². The monoisotopic (exact) mass is 495 g/mol. The summed E-state index contributed by atoms with van der Waals surface area (Å²) in [5, 5.41) is 1.66. The summed E-state index contributed by atoms with van der Waals surface area (Å²) in [5.41, 5.74) is 3.51. The fourth-order valence-corrected chi connectivity index (χ4v) is 5.39. The van der Waals surface area contributed by atoms with E-state index in [4.69, 9.17) is 15.1 Å². The highest BCUT2D eigenvalue weighted by molar-refractivity contribution is 6.15. The maximum absolute atomic E-state index is 9.02. The van der Waals surface area contributed by atoms with Gasteiger partial charge < -0.3 is 9.13 Å². The zero-order valence-electron chi connectivity index (χ0n) is 30.9. The number of para-hydroxylation sites is 4. The number of rotatable bonds is 3. The largest absolute Gasteiger partial charge is 0.307 e. The molecule has 0 fully saturated rings. The predicted molar refractivity (Wildman–Crippen MR) is 161 cm³/mol. The molecule has 0 unspecified atom stereocenters. The highest BCUT2D eigenvalue weighted by atomic mass is 15.1. The molecule has 0 aliphatic carbocycles. The lowest BCUT2D eigenvalue weighted by Gasteiger charge is -2.15. The smallest absolute Gasteiger partial charge is 0.0782 e. The molecular weight excluding hydrogens is 460 g/mol. The SMILES string of the molecule is [2H]c1cc([2H])c(-c2cccc(-n3c4ccccc4c4cccc(-n5c6c([2H])c([2H])c([2H])c([2H])c6c6c([2H])c([2H])c([2H])c([2H])c65)c43)c2)c([2H])c1. The van der Waals surface area contributed by atoms with Gasteiger partial charge in [-0.05, 0) is 47.5 Å². The Morgan fingerprint density at radius 3 is 1.92 bits per heavy atom. The Morgan fingerprint density at radius 2 is 1.13 bits per heavy atom. The van der Waals surface area contributed by atoms with Gasteiger partial charge in [-0.15, -0.1) is 0 Å². The second-order valence-electron chi connectivity index (χ2n) is 8.98. The fraction of sp³-hybridized carbons (Fsp3) is 0. The first-order valence-corrected chi connectivity index (χ1v) is 12.1. The third-order valence-electron chi connectivity index (χ3n) is 6.94. The van der Waals surface area contributed by atoms with Crippen molar-refractivity contribution in [3.05, 3.63) is 145 Å². The molecular formula is C36H24N2. The maximum Gasteiger partial charge on any atom is 0.0782 e. The van der Waals surface area contributed by atoms with E-state index >= 15 is 0 Å². The van der Waals surface area contributed by atoms with Gasteiger partial charge in [-0.3, -0.25) is 0 Å². The molecule has 8 aromatic rings. The second-order valence-corrected chi connectivity index (χ2v) is 8.98. The molecule has 0 saturated carbocycles. The van der Waals surface area contributed by atoms with E-state index in [2.05, 4.69) is 0 Å². The van der Waals surface area contributed by atoms with Crippen LogP contribution >= 0.6 is 0 Å². The van der Waals surface area contributed by atoms with Gasteiger partial charge in [0.15, 0.2) is 0 Å². The topological polar surface area (TPSA) is 9.86 Å². The maximum atomic E-state index is 9.02. The molecule has 0 atom stereocenters. The van der Waals surface area contributed by atoms with Crippen LogP contribution in [0.4, 0.5) is 0 Å². The molecule has 0 aliphatic heterocycles. The summed E-state index contributed by atoms with van der Waals surface area (Å²) in [5.74, 6) is 0. The molecule has 178 valence electrons. The quantitative estimate of drug-likeness (QED) is 0.231. The molecule has 0 saturated heterocycles. The van der Waals surface area contributed by atoms with Crippen LogP contribution in [0.15, 0.2) is 145 Å². The minimum atomic E-state index is -0.505. The summed E-state index contributed by atoms with van der Waals surface area (Å²) in [6.07, 6.45) is 0. The molecule has 0 bridgehead atoms. The van der Waals surface area contributed by atoms with Crippen LogP contribution in [-0.2, 0) is 0 Å². The average molecular weight is 496 g/mol. The molecule has 2 heterocycles. The van der Waals surface area contributed by atoms with Gasteiger partial charge in [-0.1, -0.05) is 109 Å². The lowest BCUT2D eigenvalue weighted by atomic mass is 10.1. The van der Waals surface area contributed by atoms with E-state index in [1.54, 1.807) is 18.2 Å². The summed E-state index contributed by atoms with van der Waals surface area (Å²) in [6.45, 7) is 0. The first kappa shape index (κ1) is 12.9. The number of fused-ring (bicyclic) bond motifs is 6. The van der Waals surface area contributed by atoms with Gasteiger partial charge in [0.2, 0.25) is 0 Å². The average Bonchev–Trinajstić information content (AvgIpc) is 3.62. The second kappa shape index (κ2) is 8.22. The van der Waals surface area contributed by atoms with E-state index < -0.39 is 36.3 Å². The van der Waals surface area contributed by atoms with Gasteiger partial charge in [0.1, 0.15) is 0 Å². The van der Waals surface area contributed by atoms with E-state index in [-0.39, 0.29) is 52.0 Å². The first-order chi connectivity index (χ1) is 23.4. The van der Waals surface area contributed by atoms with Crippen LogP contribution in [0.25, 0.3) is 66.1 Å². The van der Waals surface area contributed by atoms with E-state index in [1.807, 2.05) is 53.1 Å². The van der Waals surface area contributed by atoms with Gasteiger partial charge in [0.25, 0.3) is 0 Å². The zero-order valence-corrected chi connectivity index (χ0v) is 19.9. The third-order valence-corrected chi connectivity index (χ3v) is 6.94. The van der Waals surface area contributed by atoms with Crippen molar-refractivity contribution in [3.63, 3.8) is 0 Å². The molecule has 0 amide bonds. The summed E-state index contributed by atoms with van der Waals surface area (Å²) < 4.78 is 98.2. The zero-order chi connectivity index (χ0) is 34.6. The van der Waals surface area contributed by atoms with Gasteiger partial charge in [0, 0.05) is 27.2 Å². The van der Waals surface area contributed by atoms with E-state index in [9.17, 15) is 0 Å². The van der Waals surface area contributed by atoms with Crippen molar-refractivity contribution >= 4 is 43.6 Å². The van der Waals surface area contributed by atoms with Gasteiger partial charge in [0.05, 0.1) is 42.8 Å². The molecule has 8 rings (SSSR count). The molecule has 38 heavy (non-hydrogen) atoms. The Labute approximate surface area is 236 Å². The lowest BCUT2D eigenvalue weighted by Crippen LogP contribution is -2.00. The molecule has 0 N–H and O–H groups in total. The van der Waals surface area contributed by atoms with Crippen molar-refractivity contribution in [2.24, 2.45) is 0 Å². The highest BCUT2D eigenvalue weighted by Gasteiger charge is 2.19. The van der Waals surface area contributed by atoms with Crippen LogP contribution in [0.3, 0.4) is 0 Å².